The maximum absolute atomic E-state index is 13.8. The smallest absolute Gasteiger partial charge is 0.369 e. The van der Waals surface area contributed by atoms with Gasteiger partial charge in [-0.3, -0.25) is 14.5 Å². The van der Waals surface area contributed by atoms with E-state index >= 15 is 0 Å². The number of hydrogen-bond donors (Lipinski definition) is 1. The minimum Gasteiger partial charge on any atom is -0.369 e. The number of nitrogens with two attached hydrogens (primary N) is 1. The van der Waals surface area contributed by atoms with Crippen LogP contribution < -0.4 is 5.73 Å². The van der Waals surface area contributed by atoms with Gasteiger partial charge in [-0.2, -0.15) is 13.2 Å². The maximum atomic E-state index is 13.8. The lowest BCUT2D eigenvalue weighted by molar-refractivity contribution is -0.142. The van der Waals surface area contributed by atoms with Crippen LogP contribution in [-0.4, -0.2) is 47.3 Å². The molecule has 5 atom stereocenters. The molecule has 2 aliphatic carbocycles. The van der Waals surface area contributed by atoms with E-state index in [-0.39, 0.29) is 47.1 Å². The third-order valence-corrected chi connectivity index (χ3v) is 9.33. The molecule has 1 aromatic rings. The highest BCUT2D eigenvalue weighted by atomic mass is 19.4. The van der Waals surface area contributed by atoms with Crippen molar-refractivity contribution >= 4 is 11.8 Å². The Morgan fingerprint density at radius 3 is 2.29 bits per heavy atom. The molecule has 1 saturated carbocycles. The predicted octanol–water partition coefficient (Wildman–Crippen LogP) is 6.90. The average Bonchev–Trinajstić information content (AvgIpc) is 2.90. The highest BCUT2D eigenvalue weighted by Gasteiger charge is 2.42. The summed E-state index contributed by atoms with van der Waals surface area (Å²) < 4.78 is 39.9. The lowest BCUT2D eigenvalue weighted by Crippen LogP contribution is -2.60. The van der Waals surface area contributed by atoms with E-state index in [1.807, 2.05) is 12.2 Å². The van der Waals surface area contributed by atoms with Crippen LogP contribution in [0.5, 0.6) is 0 Å². The molecule has 2 fully saturated rings. The topological polar surface area (TPSA) is 66.6 Å². The summed E-state index contributed by atoms with van der Waals surface area (Å²) in [5, 5.41) is 0. The fraction of sp³-hybridized carbons (Fsp3) is 0.636. The summed E-state index contributed by atoms with van der Waals surface area (Å²) in [4.78, 5) is 30.0. The first-order chi connectivity index (χ1) is 19.3. The lowest BCUT2D eigenvalue weighted by atomic mass is 9.80. The van der Waals surface area contributed by atoms with Gasteiger partial charge < -0.3 is 10.6 Å². The molecule has 3 aliphatic rings. The van der Waals surface area contributed by atoms with Crippen LogP contribution in [0.3, 0.4) is 0 Å². The molecule has 5 nitrogen and oxygen atoms in total. The van der Waals surface area contributed by atoms with E-state index in [2.05, 4.69) is 42.7 Å². The largest absolute Gasteiger partial charge is 0.416 e. The summed E-state index contributed by atoms with van der Waals surface area (Å²) in [5.74, 6) is 0.226. The normalized spacial score (nSPS) is 27.2. The Hall–Kier alpha value is -2.61. The molecule has 0 bridgehead atoms. The second kappa shape index (κ2) is 13.1. The van der Waals surface area contributed by atoms with Crippen LogP contribution in [0.25, 0.3) is 0 Å². The quantitative estimate of drug-likeness (QED) is 0.403. The summed E-state index contributed by atoms with van der Waals surface area (Å²) in [6.45, 7) is 8.37. The number of piperazine rings is 1. The molecule has 41 heavy (non-hydrogen) atoms. The first-order valence-corrected chi connectivity index (χ1v) is 15.2. The van der Waals surface area contributed by atoms with E-state index in [0.29, 0.717) is 26.1 Å². The van der Waals surface area contributed by atoms with E-state index in [4.69, 9.17) is 5.73 Å². The molecule has 0 spiro atoms. The SMILES string of the molecule is CC(C)(C)C1CN(C(c2ccc(C(F)(F)F)cc2)C2C=CC=CC2)CCN1C(=O)CC1CCCCC(C(N)=O)CC1. The summed E-state index contributed by atoms with van der Waals surface area (Å²) >= 11 is 0. The number of nitrogens with zero attached hydrogens (tertiary/aromatic N) is 2. The number of rotatable bonds is 6. The molecule has 226 valence electrons. The van der Waals surface area contributed by atoms with Crippen molar-refractivity contribution in [3.8, 4) is 0 Å². The number of benzene rings is 1. The summed E-state index contributed by atoms with van der Waals surface area (Å²) in [7, 11) is 0. The zero-order valence-corrected chi connectivity index (χ0v) is 24.7. The first kappa shape index (κ1) is 31.3. The number of alkyl halides is 3. The molecular formula is C33H46F3N3O2. The molecule has 0 aromatic heterocycles. The van der Waals surface area contributed by atoms with Crippen molar-refractivity contribution in [1.29, 1.82) is 0 Å². The van der Waals surface area contributed by atoms with E-state index in [1.54, 1.807) is 12.1 Å². The predicted molar refractivity (Wildman–Crippen MR) is 156 cm³/mol. The molecule has 0 radical (unpaired) electrons. The minimum atomic E-state index is -4.37. The van der Waals surface area contributed by atoms with Crippen LogP contribution in [0.4, 0.5) is 13.2 Å². The monoisotopic (exact) mass is 573 g/mol. The van der Waals surface area contributed by atoms with E-state index < -0.39 is 11.7 Å². The number of carbonyl (C=O) groups excluding carboxylic acids is 2. The number of primary amides is 1. The van der Waals surface area contributed by atoms with E-state index in [9.17, 15) is 22.8 Å². The van der Waals surface area contributed by atoms with Crippen molar-refractivity contribution in [2.75, 3.05) is 19.6 Å². The molecule has 1 saturated heterocycles. The van der Waals surface area contributed by atoms with Crippen LogP contribution in [0.1, 0.15) is 89.3 Å². The molecule has 1 aromatic carbocycles. The maximum Gasteiger partial charge on any atom is 0.416 e. The van der Waals surface area contributed by atoms with Crippen LogP contribution >= 0.6 is 0 Å². The van der Waals surface area contributed by atoms with Gasteiger partial charge in [-0.25, -0.2) is 0 Å². The Morgan fingerprint density at radius 2 is 1.68 bits per heavy atom. The van der Waals surface area contributed by atoms with Crippen LogP contribution in [0, 0.1) is 23.2 Å². The van der Waals surface area contributed by atoms with Crippen LogP contribution in [-0.2, 0) is 15.8 Å². The summed E-state index contributed by atoms with van der Waals surface area (Å²) in [6.07, 6.45) is 10.6. The third kappa shape index (κ3) is 8.02. The van der Waals surface area contributed by atoms with E-state index in [0.717, 1.165) is 50.5 Å². The second-order valence-corrected chi connectivity index (χ2v) is 13.3. The van der Waals surface area contributed by atoms with Crippen molar-refractivity contribution in [2.45, 2.75) is 90.4 Å². The van der Waals surface area contributed by atoms with Crippen LogP contribution in [0.2, 0.25) is 0 Å². The molecule has 2 amide bonds. The van der Waals surface area contributed by atoms with Crippen molar-refractivity contribution in [1.82, 2.24) is 9.80 Å². The summed E-state index contributed by atoms with van der Waals surface area (Å²) in [5.41, 5.74) is 5.65. The van der Waals surface area contributed by atoms with Crippen LogP contribution in [0.15, 0.2) is 48.6 Å². The van der Waals surface area contributed by atoms with Gasteiger partial charge >= 0.3 is 6.18 Å². The highest BCUT2D eigenvalue weighted by molar-refractivity contribution is 5.77. The van der Waals surface area contributed by atoms with Crippen molar-refractivity contribution in [2.24, 2.45) is 28.9 Å². The van der Waals surface area contributed by atoms with Gasteiger partial charge in [0.2, 0.25) is 11.8 Å². The number of halogens is 3. The lowest BCUT2D eigenvalue weighted by Gasteiger charge is -2.50. The molecule has 5 unspecified atom stereocenters. The van der Waals surface area contributed by atoms with Gasteiger partial charge in [-0.15, -0.1) is 0 Å². The molecule has 8 heteroatoms. The number of carbonyl (C=O) groups is 2. The number of hydrogen-bond acceptors (Lipinski definition) is 3. The Kier molecular flexibility index (Phi) is 10.0. The van der Waals surface area contributed by atoms with Gasteiger partial charge in [0.05, 0.1) is 5.56 Å². The summed E-state index contributed by atoms with van der Waals surface area (Å²) in [6, 6.07) is 5.49. The Bertz CT molecular complexity index is 1110. The Balaban J connectivity index is 1.52. The Labute approximate surface area is 243 Å². The van der Waals surface area contributed by atoms with Gasteiger partial charge in [-0.1, -0.05) is 70.0 Å². The van der Waals surface area contributed by atoms with E-state index in [1.165, 1.54) is 12.1 Å². The van der Waals surface area contributed by atoms with Crippen molar-refractivity contribution in [3.63, 3.8) is 0 Å². The second-order valence-electron chi connectivity index (χ2n) is 13.3. The molecule has 4 rings (SSSR count). The number of amides is 2. The number of allylic oxidation sites excluding steroid dienone is 3. The fourth-order valence-electron chi connectivity index (χ4n) is 6.93. The minimum absolute atomic E-state index is 0.0317. The Morgan fingerprint density at radius 1 is 0.976 bits per heavy atom. The first-order valence-electron chi connectivity index (χ1n) is 15.2. The third-order valence-electron chi connectivity index (χ3n) is 9.33. The highest BCUT2D eigenvalue weighted by Crippen LogP contribution is 2.40. The van der Waals surface area contributed by atoms with Crippen molar-refractivity contribution < 1.29 is 22.8 Å². The van der Waals surface area contributed by atoms with Gasteiger partial charge in [0.1, 0.15) is 0 Å². The van der Waals surface area contributed by atoms with Gasteiger partial charge in [0.25, 0.3) is 0 Å². The molecule has 1 aliphatic heterocycles. The molecule has 2 N–H and O–H groups in total. The zero-order chi connectivity index (χ0) is 29.8. The molecule has 1 heterocycles. The van der Waals surface area contributed by atoms with Gasteiger partial charge in [0.15, 0.2) is 0 Å². The average molecular weight is 574 g/mol. The van der Waals surface area contributed by atoms with Gasteiger partial charge in [0, 0.05) is 50.0 Å². The fourth-order valence-corrected chi connectivity index (χ4v) is 6.93. The standard InChI is InChI=1S/C33H46F3N3O2/c1-32(2,3)28-22-38(19-20-39(28)29(40)21-23-9-7-8-12-26(14-13-23)31(37)41)30(24-10-5-4-6-11-24)25-15-17-27(18-16-25)33(34,35)36/h4-6,10,15-18,23-24,26,28,30H,7-9,11-14,19-22H2,1-3H3,(H2,37,41). The van der Waals surface area contributed by atoms with Gasteiger partial charge in [-0.05, 0) is 61.1 Å². The van der Waals surface area contributed by atoms with Crippen molar-refractivity contribution in [3.05, 3.63) is 59.7 Å². The molecular weight excluding hydrogens is 527 g/mol. The zero-order valence-electron chi connectivity index (χ0n) is 24.7.